The van der Waals surface area contributed by atoms with Gasteiger partial charge in [0, 0.05) is 23.8 Å². The first kappa shape index (κ1) is 13.1. The second-order valence-electron chi connectivity index (χ2n) is 3.73. The minimum atomic E-state index is -3.58. The van der Waals surface area contributed by atoms with Crippen molar-refractivity contribution in [2.24, 2.45) is 0 Å². The number of hydrogen-bond acceptors (Lipinski definition) is 4. The maximum atomic E-state index is 12.1. The molecule has 0 aliphatic carbocycles. The molecule has 0 aromatic carbocycles. The van der Waals surface area contributed by atoms with E-state index in [4.69, 9.17) is 5.11 Å². The summed E-state index contributed by atoms with van der Waals surface area (Å²) in [5.41, 5.74) is 1.14. The number of rotatable bonds is 5. The van der Waals surface area contributed by atoms with Crippen molar-refractivity contribution in [1.29, 1.82) is 0 Å². The van der Waals surface area contributed by atoms with Crippen LogP contribution in [0.25, 0.3) is 0 Å². The molecule has 98 valence electrons. The van der Waals surface area contributed by atoms with Gasteiger partial charge in [-0.3, -0.25) is 4.72 Å². The fourth-order valence-electron chi connectivity index (χ4n) is 1.64. The van der Waals surface area contributed by atoms with Gasteiger partial charge in [0.05, 0.1) is 12.3 Å². The van der Waals surface area contributed by atoms with Gasteiger partial charge < -0.3 is 9.67 Å². The summed E-state index contributed by atoms with van der Waals surface area (Å²) >= 11 is 1.42. The highest BCUT2D eigenvalue weighted by atomic mass is 32.2. The second kappa shape index (κ2) is 5.13. The number of aromatic nitrogens is 1. The van der Waals surface area contributed by atoms with Gasteiger partial charge in [-0.2, -0.15) is 11.3 Å². The first-order valence-corrected chi connectivity index (χ1v) is 7.84. The SMILES string of the molecule is CCn1cc(S(=O)(=O)Nc2ccsc2)cc1CO. The molecular weight excluding hydrogens is 272 g/mol. The summed E-state index contributed by atoms with van der Waals surface area (Å²) in [6, 6.07) is 3.18. The minimum absolute atomic E-state index is 0.166. The lowest BCUT2D eigenvalue weighted by Gasteiger charge is -2.03. The van der Waals surface area contributed by atoms with Gasteiger partial charge in [-0.05, 0) is 24.4 Å². The minimum Gasteiger partial charge on any atom is -0.390 e. The molecule has 7 heteroatoms. The quantitative estimate of drug-likeness (QED) is 0.881. The molecular formula is C11H14N2O3S2. The Hall–Kier alpha value is -1.31. The van der Waals surface area contributed by atoms with Crippen LogP contribution in [0.2, 0.25) is 0 Å². The van der Waals surface area contributed by atoms with E-state index in [1.807, 2.05) is 6.92 Å². The Morgan fingerprint density at radius 1 is 1.50 bits per heavy atom. The summed E-state index contributed by atoms with van der Waals surface area (Å²) in [4.78, 5) is 0.166. The van der Waals surface area contributed by atoms with E-state index in [1.54, 1.807) is 21.4 Å². The molecule has 0 saturated heterocycles. The van der Waals surface area contributed by atoms with Gasteiger partial charge in [-0.1, -0.05) is 0 Å². The van der Waals surface area contributed by atoms with Crippen LogP contribution in [0, 0.1) is 0 Å². The van der Waals surface area contributed by atoms with Gasteiger partial charge in [0.1, 0.15) is 4.90 Å². The van der Waals surface area contributed by atoms with Crippen molar-refractivity contribution in [1.82, 2.24) is 4.57 Å². The van der Waals surface area contributed by atoms with Gasteiger partial charge in [-0.15, -0.1) is 0 Å². The van der Waals surface area contributed by atoms with Gasteiger partial charge in [-0.25, -0.2) is 8.42 Å². The number of aliphatic hydroxyl groups excluding tert-OH is 1. The van der Waals surface area contributed by atoms with Crippen LogP contribution in [0.1, 0.15) is 12.6 Å². The molecule has 0 atom stereocenters. The molecule has 0 amide bonds. The van der Waals surface area contributed by atoms with Crippen molar-refractivity contribution in [3.63, 3.8) is 0 Å². The molecule has 2 rings (SSSR count). The summed E-state index contributed by atoms with van der Waals surface area (Å²) < 4.78 is 28.4. The van der Waals surface area contributed by atoms with Gasteiger partial charge in [0.25, 0.3) is 10.0 Å². The average molecular weight is 286 g/mol. The number of anilines is 1. The largest absolute Gasteiger partial charge is 0.390 e. The molecule has 0 saturated carbocycles. The summed E-state index contributed by atoms with van der Waals surface area (Å²) in [7, 11) is -3.58. The lowest BCUT2D eigenvalue weighted by molar-refractivity contribution is 0.271. The first-order chi connectivity index (χ1) is 8.56. The highest BCUT2D eigenvalue weighted by molar-refractivity contribution is 7.92. The van der Waals surface area contributed by atoms with Crippen LogP contribution in [-0.2, 0) is 23.2 Å². The molecule has 0 aliphatic rings. The Balaban J connectivity index is 2.32. The topological polar surface area (TPSA) is 71.3 Å². The van der Waals surface area contributed by atoms with E-state index >= 15 is 0 Å². The standard InChI is InChI=1S/C11H14N2O3S2/c1-2-13-6-11(5-10(13)7-14)18(15,16)12-9-3-4-17-8-9/h3-6,8,12,14H,2,7H2,1H3. The number of hydrogen-bond donors (Lipinski definition) is 2. The van der Waals surface area contributed by atoms with Gasteiger partial charge in [0.2, 0.25) is 0 Å². The van der Waals surface area contributed by atoms with Crippen molar-refractivity contribution < 1.29 is 13.5 Å². The Morgan fingerprint density at radius 3 is 2.78 bits per heavy atom. The summed E-state index contributed by atoms with van der Waals surface area (Å²) in [6.45, 7) is 2.33. The highest BCUT2D eigenvalue weighted by Crippen LogP contribution is 2.20. The second-order valence-corrected chi connectivity index (χ2v) is 6.19. The molecule has 2 heterocycles. The van der Waals surface area contributed by atoms with Crippen LogP contribution in [0.15, 0.2) is 34.0 Å². The van der Waals surface area contributed by atoms with E-state index in [0.29, 0.717) is 17.9 Å². The van der Waals surface area contributed by atoms with Crippen LogP contribution < -0.4 is 4.72 Å². The molecule has 0 aliphatic heterocycles. The molecule has 0 bridgehead atoms. The van der Waals surface area contributed by atoms with Crippen molar-refractivity contribution in [3.05, 3.63) is 34.8 Å². The molecule has 0 radical (unpaired) electrons. The zero-order valence-electron chi connectivity index (χ0n) is 9.83. The predicted molar refractivity (Wildman–Crippen MR) is 71.2 cm³/mol. The molecule has 0 unspecified atom stereocenters. The molecule has 0 fully saturated rings. The maximum Gasteiger partial charge on any atom is 0.263 e. The van der Waals surface area contributed by atoms with Crippen LogP contribution >= 0.6 is 11.3 Å². The van der Waals surface area contributed by atoms with E-state index in [0.717, 1.165) is 0 Å². The molecule has 18 heavy (non-hydrogen) atoms. The van der Waals surface area contributed by atoms with Crippen LogP contribution in [0.3, 0.4) is 0 Å². The Morgan fingerprint density at radius 2 is 2.28 bits per heavy atom. The van der Waals surface area contributed by atoms with Crippen molar-refractivity contribution >= 4 is 27.0 Å². The molecule has 2 N–H and O–H groups in total. The zero-order valence-corrected chi connectivity index (χ0v) is 11.5. The van der Waals surface area contributed by atoms with E-state index in [-0.39, 0.29) is 11.5 Å². The van der Waals surface area contributed by atoms with Gasteiger partial charge >= 0.3 is 0 Å². The van der Waals surface area contributed by atoms with Crippen molar-refractivity contribution in [3.8, 4) is 0 Å². The number of aliphatic hydroxyl groups is 1. The summed E-state index contributed by atoms with van der Waals surface area (Å²) in [6.07, 6.45) is 1.53. The Labute approximate surface area is 110 Å². The van der Waals surface area contributed by atoms with Crippen molar-refractivity contribution in [2.45, 2.75) is 25.0 Å². The molecule has 5 nitrogen and oxygen atoms in total. The third-order valence-electron chi connectivity index (χ3n) is 2.55. The Bertz CT molecular complexity index is 593. The number of nitrogens with one attached hydrogen (secondary N) is 1. The third-order valence-corrected chi connectivity index (χ3v) is 4.58. The normalized spacial score (nSPS) is 11.7. The van der Waals surface area contributed by atoms with Crippen LogP contribution in [0.5, 0.6) is 0 Å². The van der Waals surface area contributed by atoms with Crippen LogP contribution in [-0.4, -0.2) is 18.1 Å². The summed E-state index contributed by atoms with van der Waals surface area (Å²) in [5.74, 6) is 0. The van der Waals surface area contributed by atoms with Crippen molar-refractivity contribution in [2.75, 3.05) is 4.72 Å². The van der Waals surface area contributed by atoms with E-state index < -0.39 is 10.0 Å². The number of thiophene rings is 1. The summed E-state index contributed by atoms with van der Waals surface area (Å²) in [5, 5.41) is 12.7. The number of nitrogens with zero attached hydrogens (tertiary/aromatic N) is 1. The molecule has 2 aromatic heterocycles. The average Bonchev–Trinajstić information content (AvgIpc) is 2.96. The lowest BCUT2D eigenvalue weighted by Crippen LogP contribution is -2.11. The first-order valence-electron chi connectivity index (χ1n) is 5.41. The molecule has 0 spiro atoms. The van der Waals surface area contributed by atoms with Crippen LogP contribution in [0.4, 0.5) is 5.69 Å². The Kier molecular flexibility index (Phi) is 3.74. The monoisotopic (exact) mass is 286 g/mol. The van der Waals surface area contributed by atoms with E-state index in [1.165, 1.54) is 23.6 Å². The predicted octanol–water partition coefficient (Wildman–Crippen LogP) is 1.86. The highest BCUT2D eigenvalue weighted by Gasteiger charge is 2.18. The number of sulfonamides is 1. The lowest BCUT2D eigenvalue weighted by atomic mass is 10.4. The maximum absolute atomic E-state index is 12.1. The number of aryl methyl sites for hydroxylation is 1. The van der Waals surface area contributed by atoms with E-state index in [2.05, 4.69) is 4.72 Å². The molecule has 2 aromatic rings. The smallest absolute Gasteiger partial charge is 0.263 e. The van der Waals surface area contributed by atoms with Gasteiger partial charge in [0.15, 0.2) is 0 Å². The van der Waals surface area contributed by atoms with E-state index in [9.17, 15) is 8.42 Å². The fourth-order valence-corrected chi connectivity index (χ4v) is 3.41. The third kappa shape index (κ3) is 2.58. The fraction of sp³-hybridized carbons (Fsp3) is 0.273. The zero-order chi connectivity index (χ0) is 13.2.